The maximum absolute atomic E-state index is 11.6. The van der Waals surface area contributed by atoms with Crippen molar-refractivity contribution in [2.24, 2.45) is 17.8 Å². The van der Waals surface area contributed by atoms with Crippen molar-refractivity contribution >= 4 is 11.8 Å². The summed E-state index contributed by atoms with van der Waals surface area (Å²) in [7, 11) is 1.88. The summed E-state index contributed by atoms with van der Waals surface area (Å²) in [6, 6.07) is 0. The molecule has 3 unspecified atom stereocenters. The van der Waals surface area contributed by atoms with E-state index in [0.717, 1.165) is 13.0 Å². The average molecular weight is 196 g/mol. The number of hydrogen-bond donors (Lipinski definition) is 1. The zero-order chi connectivity index (χ0) is 10.3. The van der Waals surface area contributed by atoms with E-state index in [2.05, 4.69) is 5.32 Å². The van der Waals surface area contributed by atoms with Gasteiger partial charge in [0.1, 0.15) is 0 Å². The van der Waals surface area contributed by atoms with Gasteiger partial charge in [-0.3, -0.25) is 14.5 Å². The monoisotopic (exact) mass is 196 g/mol. The molecule has 0 radical (unpaired) electrons. The first-order valence-corrected chi connectivity index (χ1v) is 5.15. The van der Waals surface area contributed by atoms with Gasteiger partial charge >= 0.3 is 0 Å². The van der Waals surface area contributed by atoms with Crippen molar-refractivity contribution in [2.45, 2.75) is 13.3 Å². The summed E-state index contributed by atoms with van der Waals surface area (Å²) >= 11 is 0. The summed E-state index contributed by atoms with van der Waals surface area (Å²) in [5, 5.41) is 3.04. The Hall–Kier alpha value is -0.900. The van der Waals surface area contributed by atoms with Gasteiger partial charge < -0.3 is 5.32 Å². The van der Waals surface area contributed by atoms with Crippen LogP contribution in [0.4, 0.5) is 0 Å². The van der Waals surface area contributed by atoms with Crippen LogP contribution in [0.2, 0.25) is 0 Å². The van der Waals surface area contributed by atoms with Crippen LogP contribution in [-0.4, -0.2) is 36.9 Å². The molecule has 4 nitrogen and oxygen atoms in total. The second-order valence-corrected chi connectivity index (χ2v) is 4.40. The number of piperidine rings is 1. The van der Waals surface area contributed by atoms with Crippen LogP contribution in [0, 0.1) is 17.8 Å². The van der Waals surface area contributed by atoms with Gasteiger partial charge in [-0.25, -0.2) is 0 Å². The molecule has 0 aromatic carbocycles. The maximum atomic E-state index is 11.6. The lowest BCUT2D eigenvalue weighted by Crippen LogP contribution is -2.38. The first-order chi connectivity index (χ1) is 6.65. The van der Waals surface area contributed by atoms with Crippen LogP contribution in [0.1, 0.15) is 13.3 Å². The lowest BCUT2D eigenvalue weighted by atomic mass is 10.1. The number of carbonyl (C=O) groups is 2. The number of likely N-dealkylation sites (tertiary alicyclic amines) is 1. The molecular formula is C10H16N2O2. The van der Waals surface area contributed by atoms with E-state index >= 15 is 0 Å². The molecule has 2 amide bonds. The lowest BCUT2D eigenvalue weighted by Gasteiger charge is -2.20. The highest BCUT2D eigenvalue weighted by Gasteiger charge is 2.58. The topological polar surface area (TPSA) is 49.4 Å². The van der Waals surface area contributed by atoms with Crippen molar-refractivity contribution < 1.29 is 9.59 Å². The molecule has 0 spiro atoms. The minimum Gasteiger partial charge on any atom is -0.319 e. The minimum atomic E-state index is 0.0456. The Labute approximate surface area is 83.6 Å². The number of amides is 2. The Balaban J connectivity index is 1.92. The molecule has 1 saturated heterocycles. The van der Waals surface area contributed by atoms with E-state index in [1.807, 2.05) is 14.0 Å². The third-order valence-corrected chi connectivity index (χ3v) is 3.00. The molecule has 0 bridgehead atoms. The molecule has 1 N–H and O–H groups in total. The van der Waals surface area contributed by atoms with Gasteiger partial charge in [-0.05, 0) is 25.9 Å². The third kappa shape index (κ3) is 1.43. The van der Waals surface area contributed by atoms with Crippen molar-refractivity contribution in [1.29, 1.82) is 0 Å². The fourth-order valence-electron chi connectivity index (χ4n) is 2.15. The number of nitrogens with zero attached hydrogens (tertiary/aromatic N) is 1. The van der Waals surface area contributed by atoms with Gasteiger partial charge in [-0.1, -0.05) is 6.92 Å². The summed E-state index contributed by atoms with van der Waals surface area (Å²) < 4.78 is 0. The Morgan fingerprint density at radius 2 is 2.00 bits per heavy atom. The first kappa shape index (κ1) is 9.65. The number of rotatable bonds is 4. The zero-order valence-electron chi connectivity index (χ0n) is 8.62. The highest BCUT2D eigenvalue weighted by atomic mass is 16.2. The molecule has 3 atom stereocenters. The third-order valence-electron chi connectivity index (χ3n) is 3.00. The normalized spacial score (nSPS) is 32.0. The van der Waals surface area contributed by atoms with Crippen LogP contribution in [-0.2, 0) is 9.59 Å². The summed E-state index contributed by atoms with van der Waals surface area (Å²) in [6.45, 7) is 3.46. The van der Waals surface area contributed by atoms with E-state index in [1.54, 1.807) is 0 Å². The van der Waals surface area contributed by atoms with E-state index < -0.39 is 0 Å². The highest BCUT2D eigenvalue weighted by Crippen LogP contribution is 2.47. The van der Waals surface area contributed by atoms with E-state index in [0.29, 0.717) is 12.5 Å². The second-order valence-electron chi connectivity index (χ2n) is 4.40. The van der Waals surface area contributed by atoms with Crippen molar-refractivity contribution in [3.63, 3.8) is 0 Å². The largest absolute Gasteiger partial charge is 0.319 e. The van der Waals surface area contributed by atoms with E-state index in [9.17, 15) is 9.59 Å². The Kier molecular flexibility index (Phi) is 2.31. The molecule has 1 heterocycles. The summed E-state index contributed by atoms with van der Waals surface area (Å²) in [6.07, 6.45) is 0.800. The van der Waals surface area contributed by atoms with Crippen molar-refractivity contribution in [3.8, 4) is 0 Å². The summed E-state index contributed by atoms with van der Waals surface area (Å²) in [5.74, 6) is 0.546. The standard InChI is InChI=1S/C10H16N2O2/c1-6(4-11-2)5-12-9(13)7-3-8(7)10(12)14/h6-8,11H,3-5H2,1-2H3. The van der Waals surface area contributed by atoms with Gasteiger partial charge in [0.05, 0.1) is 11.8 Å². The van der Waals surface area contributed by atoms with Gasteiger partial charge in [-0.15, -0.1) is 0 Å². The molecule has 0 aromatic rings. The number of nitrogens with one attached hydrogen (secondary N) is 1. The van der Waals surface area contributed by atoms with Gasteiger partial charge in [0.15, 0.2) is 0 Å². The molecule has 1 saturated carbocycles. The van der Waals surface area contributed by atoms with Crippen LogP contribution in [0.3, 0.4) is 0 Å². The molecule has 78 valence electrons. The zero-order valence-corrected chi connectivity index (χ0v) is 8.62. The molecule has 0 aromatic heterocycles. The SMILES string of the molecule is CNCC(C)CN1C(=O)C2CC2C1=O. The van der Waals surface area contributed by atoms with Crippen molar-refractivity contribution in [1.82, 2.24) is 10.2 Å². The quantitative estimate of drug-likeness (QED) is 0.636. The van der Waals surface area contributed by atoms with Crippen LogP contribution in [0.25, 0.3) is 0 Å². The number of imide groups is 1. The number of carbonyl (C=O) groups excluding carboxylic acids is 2. The van der Waals surface area contributed by atoms with Crippen LogP contribution in [0.15, 0.2) is 0 Å². The van der Waals surface area contributed by atoms with E-state index in [-0.39, 0.29) is 23.7 Å². The summed E-state index contributed by atoms with van der Waals surface area (Å²) in [5.41, 5.74) is 0. The molecule has 2 rings (SSSR count). The van der Waals surface area contributed by atoms with Crippen molar-refractivity contribution in [2.75, 3.05) is 20.1 Å². The van der Waals surface area contributed by atoms with Crippen LogP contribution < -0.4 is 5.32 Å². The highest BCUT2D eigenvalue weighted by molar-refractivity contribution is 6.08. The molecule has 1 aliphatic heterocycles. The summed E-state index contributed by atoms with van der Waals surface area (Å²) in [4.78, 5) is 24.6. The molecule has 4 heteroatoms. The number of hydrogen-bond acceptors (Lipinski definition) is 3. The molecule has 1 aliphatic carbocycles. The van der Waals surface area contributed by atoms with Crippen LogP contribution >= 0.6 is 0 Å². The van der Waals surface area contributed by atoms with Gasteiger partial charge in [0.2, 0.25) is 11.8 Å². The minimum absolute atomic E-state index is 0.0456. The second kappa shape index (κ2) is 3.35. The number of fused-ring (bicyclic) bond motifs is 1. The smallest absolute Gasteiger partial charge is 0.233 e. The van der Waals surface area contributed by atoms with Crippen LogP contribution in [0.5, 0.6) is 0 Å². The van der Waals surface area contributed by atoms with E-state index in [1.165, 1.54) is 4.90 Å². The van der Waals surface area contributed by atoms with Gasteiger partial charge in [-0.2, -0.15) is 0 Å². The molecular weight excluding hydrogens is 180 g/mol. The Morgan fingerprint density at radius 3 is 2.50 bits per heavy atom. The Morgan fingerprint density at radius 1 is 1.43 bits per heavy atom. The Bertz CT molecular complexity index is 257. The first-order valence-electron chi connectivity index (χ1n) is 5.15. The lowest BCUT2D eigenvalue weighted by molar-refractivity contribution is -0.141. The molecule has 2 aliphatic rings. The fraction of sp³-hybridized carbons (Fsp3) is 0.800. The maximum Gasteiger partial charge on any atom is 0.233 e. The predicted molar refractivity (Wildman–Crippen MR) is 51.4 cm³/mol. The molecule has 2 fully saturated rings. The molecule has 14 heavy (non-hydrogen) atoms. The van der Waals surface area contributed by atoms with Gasteiger partial charge in [0.25, 0.3) is 0 Å². The van der Waals surface area contributed by atoms with Gasteiger partial charge in [0, 0.05) is 6.54 Å². The average Bonchev–Trinajstić information content (AvgIpc) is 2.87. The van der Waals surface area contributed by atoms with E-state index in [4.69, 9.17) is 0 Å². The fourth-order valence-corrected chi connectivity index (χ4v) is 2.15. The predicted octanol–water partition coefficient (Wildman–Crippen LogP) is -0.153. The van der Waals surface area contributed by atoms with Crippen molar-refractivity contribution in [3.05, 3.63) is 0 Å².